The summed E-state index contributed by atoms with van der Waals surface area (Å²) in [6, 6.07) is 7.38. The Bertz CT molecular complexity index is 709. The summed E-state index contributed by atoms with van der Waals surface area (Å²) in [7, 11) is 0. The van der Waals surface area contributed by atoms with Gasteiger partial charge in [-0.25, -0.2) is 4.98 Å². The summed E-state index contributed by atoms with van der Waals surface area (Å²) in [4.78, 5) is 18.6. The molecule has 5 nitrogen and oxygen atoms in total. The molecule has 1 aromatic heterocycles. The van der Waals surface area contributed by atoms with Crippen molar-refractivity contribution in [3.8, 4) is 11.3 Å². The molecule has 128 valence electrons. The maximum atomic E-state index is 12.5. The van der Waals surface area contributed by atoms with Crippen LogP contribution < -0.4 is 0 Å². The second-order valence-corrected chi connectivity index (χ2v) is 6.97. The quantitative estimate of drug-likeness (QED) is 0.847. The Morgan fingerprint density at radius 3 is 2.79 bits per heavy atom. The molecule has 0 unspecified atom stereocenters. The second kappa shape index (κ2) is 6.95. The van der Waals surface area contributed by atoms with Crippen LogP contribution in [0.1, 0.15) is 26.2 Å². The first-order chi connectivity index (χ1) is 11.5. The molecular formula is C18H21ClN2O3. The van der Waals surface area contributed by atoms with Crippen LogP contribution in [-0.4, -0.2) is 41.1 Å². The molecule has 0 radical (unpaired) electrons. The Balaban J connectivity index is 1.61. The predicted molar refractivity (Wildman–Crippen MR) is 91.9 cm³/mol. The van der Waals surface area contributed by atoms with Gasteiger partial charge in [0.15, 0.2) is 11.7 Å². The lowest BCUT2D eigenvalue weighted by Crippen LogP contribution is -2.55. The molecule has 3 rings (SSSR count). The number of carbonyl (C=O) groups excluding carboxylic acids is 1. The van der Waals surface area contributed by atoms with E-state index < -0.39 is 0 Å². The van der Waals surface area contributed by atoms with Crippen molar-refractivity contribution in [2.24, 2.45) is 0 Å². The number of benzene rings is 1. The fraction of sp³-hybridized carbons (Fsp3) is 0.444. The lowest BCUT2D eigenvalue weighted by atomic mass is 10.0. The van der Waals surface area contributed by atoms with Gasteiger partial charge in [0.1, 0.15) is 0 Å². The van der Waals surface area contributed by atoms with E-state index in [4.69, 9.17) is 20.8 Å². The Kier molecular flexibility index (Phi) is 4.92. The van der Waals surface area contributed by atoms with Crippen LogP contribution >= 0.6 is 11.6 Å². The van der Waals surface area contributed by atoms with Gasteiger partial charge in [-0.1, -0.05) is 11.6 Å². The van der Waals surface area contributed by atoms with Crippen LogP contribution in [0.4, 0.5) is 0 Å². The topological polar surface area (TPSA) is 55.6 Å². The van der Waals surface area contributed by atoms with Crippen molar-refractivity contribution < 1.29 is 13.9 Å². The summed E-state index contributed by atoms with van der Waals surface area (Å²) in [6.07, 6.45) is 2.55. The summed E-state index contributed by atoms with van der Waals surface area (Å²) in [5.41, 5.74) is 0.652. The van der Waals surface area contributed by atoms with Crippen LogP contribution in [0.3, 0.4) is 0 Å². The van der Waals surface area contributed by atoms with Gasteiger partial charge in [-0.2, -0.15) is 0 Å². The fourth-order valence-corrected chi connectivity index (χ4v) is 2.97. The van der Waals surface area contributed by atoms with E-state index in [0.717, 1.165) is 5.56 Å². The Hall–Kier alpha value is -1.85. The fourth-order valence-electron chi connectivity index (χ4n) is 2.84. The molecule has 6 heteroatoms. The maximum Gasteiger partial charge on any atom is 0.223 e. The van der Waals surface area contributed by atoms with Crippen LogP contribution in [0.25, 0.3) is 11.3 Å². The number of ether oxygens (including phenoxy) is 1. The molecule has 2 aromatic rings. The molecular weight excluding hydrogens is 328 g/mol. The zero-order chi connectivity index (χ0) is 17.2. The molecule has 0 aliphatic carbocycles. The molecule has 0 saturated carbocycles. The molecule has 2 heterocycles. The second-order valence-electron chi connectivity index (χ2n) is 6.54. The number of aromatic nitrogens is 1. The lowest BCUT2D eigenvalue weighted by Gasteiger charge is -2.42. The molecule has 0 N–H and O–H groups in total. The predicted octanol–water partition coefficient (Wildman–Crippen LogP) is 3.57. The van der Waals surface area contributed by atoms with Crippen LogP contribution in [-0.2, 0) is 16.0 Å². The van der Waals surface area contributed by atoms with Crippen molar-refractivity contribution in [1.29, 1.82) is 0 Å². The van der Waals surface area contributed by atoms with Crippen molar-refractivity contribution in [3.05, 3.63) is 41.4 Å². The summed E-state index contributed by atoms with van der Waals surface area (Å²) in [5, 5.41) is 0.678. The van der Waals surface area contributed by atoms with Gasteiger partial charge in [0.05, 0.1) is 24.9 Å². The average Bonchev–Trinajstić information content (AvgIpc) is 3.02. The summed E-state index contributed by atoms with van der Waals surface area (Å²) < 4.78 is 11.2. The van der Waals surface area contributed by atoms with E-state index in [1.165, 1.54) is 0 Å². The molecule has 24 heavy (non-hydrogen) atoms. The number of morpholine rings is 1. The molecule has 0 bridgehead atoms. The third kappa shape index (κ3) is 3.79. The largest absolute Gasteiger partial charge is 0.441 e. The Morgan fingerprint density at radius 2 is 2.08 bits per heavy atom. The monoisotopic (exact) mass is 348 g/mol. The summed E-state index contributed by atoms with van der Waals surface area (Å²) in [5.74, 6) is 1.36. The first kappa shape index (κ1) is 17.0. The van der Waals surface area contributed by atoms with E-state index in [2.05, 4.69) is 4.98 Å². The van der Waals surface area contributed by atoms with Gasteiger partial charge < -0.3 is 14.1 Å². The number of carbonyl (C=O) groups is 1. The van der Waals surface area contributed by atoms with Crippen molar-refractivity contribution in [2.75, 3.05) is 19.8 Å². The van der Waals surface area contributed by atoms with Crippen LogP contribution in [0.5, 0.6) is 0 Å². The summed E-state index contributed by atoms with van der Waals surface area (Å²) >= 11 is 5.89. The molecule has 1 aliphatic heterocycles. The SMILES string of the molecule is CC1(C)COCCN1C(=O)CCc1ncc(-c2ccc(Cl)cc2)o1. The Morgan fingerprint density at radius 1 is 1.33 bits per heavy atom. The van der Waals surface area contributed by atoms with E-state index >= 15 is 0 Å². The van der Waals surface area contributed by atoms with Crippen molar-refractivity contribution in [2.45, 2.75) is 32.2 Å². The molecule has 1 saturated heterocycles. The molecule has 1 aromatic carbocycles. The van der Waals surface area contributed by atoms with Gasteiger partial charge in [0.25, 0.3) is 0 Å². The highest BCUT2D eigenvalue weighted by atomic mass is 35.5. The highest BCUT2D eigenvalue weighted by Crippen LogP contribution is 2.24. The third-order valence-corrected chi connectivity index (χ3v) is 4.43. The number of halogens is 1. The zero-order valence-electron chi connectivity index (χ0n) is 13.9. The van der Waals surface area contributed by atoms with Crippen molar-refractivity contribution >= 4 is 17.5 Å². The number of hydrogen-bond acceptors (Lipinski definition) is 4. The molecule has 1 aliphatic rings. The molecule has 1 amide bonds. The minimum absolute atomic E-state index is 0.106. The maximum absolute atomic E-state index is 12.5. The van der Waals surface area contributed by atoms with Crippen LogP contribution in [0.15, 0.2) is 34.9 Å². The van der Waals surface area contributed by atoms with E-state index in [9.17, 15) is 4.79 Å². The first-order valence-corrected chi connectivity index (χ1v) is 8.42. The lowest BCUT2D eigenvalue weighted by molar-refractivity contribution is -0.146. The van der Waals surface area contributed by atoms with Gasteiger partial charge in [0, 0.05) is 30.0 Å². The number of aryl methyl sites for hydroxylation is 1. The highest BCUT2D eigenvalue weighted by molar-refractivity contribution is 6.30. The zero-order valence-corrected chi connectivity index (χ0v) is 14.7. The van der Waals surface area contributed by atoms with Crippen LogP contribution in [0.2, 0.25) is 5.02 Å². The van der Waals surface area contributed by atoms with Gasteiger partial charge in [-0.15, -0.1) is 0 Å². The minimum atomic E-state index is -0.263. The normalized spacial score (nSPS) is 17.0. The van der Waals surface area contributed by atoms with E-state index in [1.54, 1.807) is 6.20 Å². The van der Waals surface area contributed by atoms with Gasteiger partial charge in [-0.05, 0) is 38.1 Å². The number of amides is 1. The first-order valence-electron chi connectivity index (χ1n) is 8.04. The molecule has 0 spiro atoms. The van der Waals surface area contributed by atoms with Crippen molar-refractivity contribution in [1.82, 2.24) is 9.88 Å². The number of hydrogen-bond donors (Lipinski definition) is 0. The minimum Gasteiger partial charge on any atom is -0.441 e. The molecule has 1 fully saturated rings. The van der Waals surface area contributed by atoms with Gasteiger partial charge >= 0.3 is 0 Å². The van der Waals surface area contributed by atoms with Gasteiger partial charge in [-0.3, -0.25) is 4.79 Å². The average molecular weight is 349 g/mol. The Labute approximate surface area is 146 Å². The van der Waals surface area contributed by atoms with E-state index in [1.807, 2.05) is 43.0 Å². The smallest absolute Gasteiger partial charge is 0.223 e. The van der Waals surface area contributed by atoms with E-state index in [0.29, 0.717) is 49.3 Å². The third-order valence-electron chi connectivity index (χ3n) is 4.18. The molecule has 0 atom stereocenters. The summed E-state index contributed by atoms with van der Waals surface area (Å²) in [6.45, 7) is 5.84. The number of oxazole rings is 1. The van der Waals surface area contributed by atoms with E-state index in [-0.39, 0.29) is 11.4 Å². The highest BCUT2D eigenvalue weighted by Gasteiger charge is 2.33. The van der Waals surface area contributed by atoms with Crippen molar-refractivity contribution in [3.63, 3.8) is 0 Å². The standard InChI is InChI=1S/C18H21ClN2O3/c1-18(2)12-23-10-9-21(18)17(22)8-7-16-20-11-15(24-16)13-3-5-14(19)6-4-13/h3-6,11H,7-10,12H2,1-2H3. The van der Waals surface area contributed by atoms with Crippen LogP contribution in [0, 0.1) is 0 Å². The number of nitrogens with zero attached hydrogens (tertiary/aromatic N) is 2. The number of rotatable bonds is 4. The van der Waals surface area contributed by atoms with Gasteiger partial charge in [0.2, 0.25) is 5.91 Å².